The van der Waals surface area contributed by atoms with E-state index < -0.39 is 0 Å². The number of rotatable bonds is 10. The fourth-order valence-corrected chi connectivity index (χ4v) is 3.48. The van der Waals surface area contributed by atoms with E-state index in [0.29, 0.717) is 18.3 Å². The van der Waals surface area contributed by atoms with Crippen molar-refractivity contribution in [3.05, 3.63) is 57.9 Å². The third-order valence-corrected chi connectivity index (χ3v) is 4.93. The molecule has 2 N–H and O–H groups in total. The molecule has 2 aromatic heterocycles. The van der Waals surface area contributed by atoms with Gasteiger partial charge in [-0.2, -0.15) is 16.3 Å². The van der Waals surface area contributed by atoms with Gasteiger partial charge in [-0.1, -0.05) is 11.2 Å². The van der Waals surface area contributed by atoms with Gasteiger partial charge in [0.05, 0.1) is 27.3 Å². The fraction of sp³-hybridized carbons (Fsp3) is 0.368. The molecule has 1 aromatic carbocycles. The summed E-state index contributed by atoms with van der Waals surface area (Å²) >= 11 is 1.70. The summed E-state index contributed by atoms with van der Waals surface area (Å²) < 4.78 is 15.8. The zero-order chi connectivity index (χ0) is 19.1. The molecule has 3 rings (SSSR count). The number of benzene rings is 1. The van der Waals surface area contributed by atoms with E-state index in [9.17, 15) is 0 Å². The number of hydrogen-bond donors (Lipinski definition) is 1. The summed E-state index contributed by atoms with van der Waals surface area (Å²) in [6.07, 6.45) is 0.867. The Balaban J connectivity index is 0.00000280. The summed E-state index contributed by atoms with van der Waals surface area (Å²) in [6.45, 7) is 2.52. The van der Waals surface area contributed by atoms with Crippen molar-refractivity contribution in [2.24, 2.45) is 5.73 Å². The van der Waals surface area contributed by atoms with Crippen molar-refractivity contribution in [3.63, 3.8) is 0 Å². The van der Waals surface area contributed by atoms with Crippen LogP contribution in [0.1, 0.15) is 22.8 Å². The lowest BCUT2D eigenvalue weighted by molar-refractivity contribution is 0.248. The molecule has 0 saturated heterocycles. The van der Waals surface area contributed by atoms with E-state index in [2.05, 4.69) is 37.9 Å². The van der Waals surface area contributed by atoms with Crippen LogP contribution in [0.25, 0.3) is 0 Å². The van der Waals surface area contributed by atoms with Crippen LogP contribution in [0.2, 0.25) is 0 Å². The summed E-state index contributed by atoms with van der Waals surface area (Å²) in [5.74, 6) is 2.58. The molecule has 0 aliphatic heterocycles. The molecular weight excluding hydrogens is 400 g/mol. The number of methoxy groups -OCH3 is 2. The first kappa shape index (κ1) is 22.2. The van der Waals surface area contributed by atoms with Gasteiger partial charge in [0.25, 0.3) is 0 Å². The van der Waals surface area contributed by atoms with Crippen LogP contribution in [-0.2, 0) is 26.1 Å². The van der Waals surface area contributed by atoms with Crippen molar-refractivity contribution in [2.45, 2.75) is 26.1 Å². The van der Waals surface area contributed by atoms with Gasteiger partial charge in [0.1, 0.15) is 0 Å². The lowest BCUT2D eigenvalue weighted by atomic mass is 10.1. The Bertz CT molecular complexity index is 842. The number of nitrogens with two attached hydrogens (primary N) is 1. The van der Waals surface area contributed by atoms with E-state index in [4.69, 9.17) is 19.7 Å². The Kier molecular flexibility index (Phi) is 8.72. The number of thiophene rings is 1. The maximum Gasteiger partial charge on any atom is 0.240 e. The van der Waals surface area contributed by atoms with Crippen molar-refractivity contribution in [2.75, 3.05) is 20.8 Å². The highest BCUT2D eigenvalue weighted by Gasteiger charge is 2.13. The second kappa shape index (κ2) is 11.0. The number of aromatic nitrogens is 2. The zero-order valence-electron chi connectivity index (χ0n) is 16.0. The van der Waals surface area contributed by atoms with Crippen molar-refractivity contribution in [3.8, 4) is 11.5 Å². The minimum Gasteiger partial charge on any atom is -0.493 e. The minimum absolute atomic E-state index is 0. The van der Waals surface area contributed by atoms with Gasteiger partial charge in [0, 0.05) is 13.1 Å². The van der Waals surface area contributed by atoms with E-state index >= 15 is 0 Å². The lowest BCUT2D eigenvalue weighted by Crippen LogP contribution is -2.25. The molecule has 3 aromatic rings. The van der Waals surface area contributed by atoms with Gasteiger partial charge in [-0.3, -0.25) is 4.90 Å². The maximum absolute atomic E-state index is 5.56. The smallest absolute Gasteiger partial charge is 0.240 e. The highest BCUT2D eigenvalue weighted by molar-refractivity contribution is 7.07. The van der Waals surface area contributed by atoms with Crippen LogP contribution in [0.5, 0.6) is 11.5 Å². The van der Waals surface area contributed by atoms with Crippen LogP contribution < -0.4 is 15.2 Å². The molecule has 0 aliphatic rings. The second-order valence-electron chi connectivity index (χ2n) is 6.09. The molecule has 0 unspecified atom stereocenters. The Morgan fingerprint density at radius 2 is 1.93 bits per heavy atom. The Morgan fingerprint density at radius 3 is 2.57 bits per heavy atom. The molecule has 7 nitrogen and oxygen atoms in total. The summed E-state index contributed by atoms with van der Waals surface area (Å²) in [5.41, 5.74) is 8.01. The highest BCUT2D eigenvalue weighted by Crippen LogP contribution is 2.27. The third-order valence-electron chi connectivity index (χ3n) is 4.20. The standard InChI is InChI=1S/C19H24N4O3S.ClH/c1-24-16-4-3-14(9-17(16)25-2)5-7-23(11-15-6-8-27-13-15)12-18-21-19(10-20)26-22-18;/h3-4,6,8-9,13H,5,7,10-12,20H2,1-2H3;1H. The molecule has 28 heavy (non-hydrogen) atoms. The molecule has 0 radical (unpaired) electrons. The predicted octanol–water partition coefficient (Wildman–Crippen LogP) is 3.27. The predicted molar refractivity (Wildman–Crippen MR) is 111 cm³/mol. The van der Waals surface area contributed by atoms with E-state index in [-0.39, 0.29) is 19.0 Å². The van der Waals surface area contributed by atoms with E-state index in [0.717, 1.165) is 31.0 Å². The average molecular weight is 425 g/mol. The van der Waals surface area contributed by atoms with Gasteiger partial charge in [-0.25, -0.2) is 0 Å². The van der Waals surface area contributed by atoms with Crippen LogP contribution in [0, 0.1) is 0 Å². The van der Waals surface area contributed by atoms with Crippen molar-refractivity contribution in [1.82, 2.24) is 15.0 Å². The summed E-state index contributed by atoms with van der Waals surface area (Å²) in [7, 11) is 3.29. The normalized spacial score (nSPS) is 10.7. The van der Waals surface area contributed by atoms with Crippen LogP contribution in [0.3, 0.4) is 0 Å². The van der Waals surface area contributed by atoms with Crippen LogP contribution in [-0.4, -0.2) is 35.8 Å². The lowest BCUT2D eigenvalue weighted by Gasteiger charge is -2.20. The monoisotopic (exact) mass is 424 g/mol. The molecule has 0 saturated carbocycles. The van der Waals surface area contributed by atoms with Crippen molar-refractivity contribution < 1.29 is 14.0 Å². The first-order valence-electron chi connectivity index (χ1n) is 8.67. The molecule has 0 bridgehead atoms. The first-order valence-corrected chi connectivity index (χ1v) is 9.62. The quantitative estimate of drug-likeness (QED) is 0.534. The number of hydrogen-bond acceptors (Lipinski definition) is 8. The molecule has 0 atom stereocenters. The molecule has 152 valence electrons. The number of halogens is 1. The van der Waals surface area contributed by atoms with Crippen LogP contribution in [0.4, 0.5) is 0 Å². The first-order chi connectivity index (χ1) is 13.2. The van der Waals surface area contributed by atoms with Gasteiger partial charge in [0.15, 0.2) is 17.3 Å². The van der Waals surface area contributed by atoms with E-state index in [1.54, 1.807) is 25.6 Å². The number of nitrogens with zero attached hydrogens (tertiary/aromatic N) is 3. The SMILES string of the molecule is COc1ccc(CCN(Cc2ccsc2)Cc2noc(CN)n2)cc1OC.Cl. The molecule has 2 heterocycles. The van der Waals surface area contributed by atoms with Crippen LogP contribution >= 0.6 is 23.7 Å². The second-order valence-corrected chi connectivity index (χ2v) is 6.87. The topological polar surface area (TPSA) is 86.6 Å². The molecule has 0 spiro atoms. The largest absolute Gasteiger partial charge is 0.493 e. The summed E-state index contributed by atoms with van der Waals surface area (Å²) in [5, 5.41) is 8.26. The van der Waals surface area contributed by atoms with Gasteiger partial charge >= 0.3 is 0 Å². The highest BCUT2D eigenvalue weighted by atomic mass is 35.5. The van der Waals surface area contributed by atoms with Crippen LogP contribution in [0.15, 0.2) is 39.5 Å². The number of ether oxygens (including phenoxy) is 2. The third kappa shape index (κ3) is 5.93. The molecule has 0 fully saturated rings. The Morgan fingerprint density at radius 1 is 1.11 bits per heavy atom. The fourth-order valence-electron chi connectivity index (χ4n) is 2.82. The average Bonchev–Trinajstić information content (AvgIpc) is 3.37. The Labute approximate surface area is 174 Å². The van der Waals surface area contributed by atoms with Gasteiger partial charge in [-0.05, 0) is 46.5 Å². The van der Waals surface area contributed by atoms with Gasteiger partial charge < -0.3 is 19.7 Å². The minimum atomic E-state index is 0. The van der Waals surface area contributed by atoms with Gasteiger partial charge in [-0.15, -0.1) is 12.4 Å². The maximum atomic E-state index is 5.56. The summed E-state index contributed by atoms with van der Waals surface area (Å²) in [6, 6.07) is 8.15. The van der Waals surface area contributed by atoms with E-state index in [1.807, 2.05) is 12.1 Å². The van der Waals surface area contributed by atoms with Crippen molar-refractivity contribution in [1.29, 1.82) is 0 Å². The zero-order valence-corrected chi connectivity index (χ0v) is 17.6. The molecular formula is C19H25ClN4O3S. The van der Waals surface area contributed by atoms with E-state index in [1.165, 1.54) is 11.1 Å². The van der Waals surface area contributed by atoms with Gasteiger partial charge in [0.2, 0.25) is 5.89 Å². The Hall–Kier alpha value is -2.13. The molecule has 9 heteroatoms. The summed E-state index contributed by atoms with van der Waals surface area (Å²) in [4.78, 5) is 6.62. The molecule has 0 aliphatic carbocycles. The molecule has 0 amide bonds. The van der Waals surface area contributed by atoms with Crippen molar-refractivity contribution >= 4 is 23.7 Å².